The number of alkyl halides is 3. The Hall–Kier alpha value is -3.92. The van der Waals surface area contributed by atoms with E-state index in [2.05, 4.69) is 55.7 Å². The van der Waals surface area contributed by atoms with E-state index in [0.29, 0.717) is 28.0 Å². The molecule has 2 aliphatic rings. The number of nitrogens with zero attached hydrogens (tertiary/aromatic N) is 4. The highest BCUT2D eigenvalue weighted by molar-refractivity contribution is 5.90. The highest BCUT2D eigenvalue weighted by Crippen LogP contribution is 2.50. The van der Waals surface area contributed by atoms with E-state index in [0.717, 1.165) is 38.2 Å². The Balaban J connectivity index is 1.19. The SMILES string of the molecule is C=C(c1cccc(OC(F)(F)F)c1)c1n[nH]c2nc(N3CCC4(CC3)Cc3ccccc3[C@H]4N)cnc12. The summed E-state index contributed by atoms with van der Waals surface area (Å²) in [7, 11) is 0. The highest BCUT2D eigenvalue weighted by atomic mass is 19.4. The van der Waals surface area contributed by atoms with E-state index in [4.69, 9.17) is 10.7 Å². The first-order valence-electron chi connectivity index (χ1n) is 12.1. The van der Waals surface area contributed by atoms with Crippen LogP contribution in [0.25, 0.3) is 16.7 Å². The topological polar surface area (TPSA) is 93.0 Å². The van der Waals surface area contributed by atoms with Gasteiger partial charge in [-0.25, -0.2) is 9.97 Å². The zero-order valence-corrected chi connectivity index (χ0v) is 19.9. The molecule has 10 heteroatoms. The summed E-state index contributed by atoms with van der Waals surface area (Å²) >= 11 is 0. The molecule has 2 aromatic carbocycles. The van der Waals surface area contributed by atoms with Gasteiger partial charge in [-0.3, -0.25) is 5.10 Å². The maximum absolute atomic E-state index is 12.6. The second-order valence-corrected chi connectivity index (χ2v) is 9.75. The van der Waals surface area contributed by atoms with Crippen molar-refractivity contribution in [3.05, 3.63) is 83.7 Å². The molecule has 1 spiro atoms. The number of fused-ring (bicyclic) bond motifs is 2. The first-order valence-corrected chi connectivity index (χ1v) is 12.1. The number of halogens is 3. The summed E-state index contributed by atoms with van der Waals surface area (Å²) in [6.07, 6.45) is -0.140. The predicted molar refractivity (Wildman–Crippen MR) is 134 cm³/mol. The molecule has 6 rings (SSSR count). The lowest BCUT2D eigenvalue weighted by Crippen LogP contribution is -2.44. The summed E-state index contributed by atoms with van der Waals surface area (Å²) < 4.78 is 41.9. The molecule has 0 amide bonds. The molecule has 1 aliphatic carbocycles. The third kappa shape index (κ3) is 4.21. The number of piperidine rings is 1. The molecule has 7 nitrogen and oxygen atoms in total. The zero-order chi connectivity index (χ0) is 25.8. The molecule has 37 heavy (non-hydrogen) atoms. The zero-order valence-electron chi connectivity index (χ0n) is 19.9. The maximum Gasteiger partial charge on any atom is 0.573 e. The van der Waals surface area contributed by atoms with Gasteiger partial charge in [-0.05, 0) is 53.5 Å². The van der Waals surface area contributed by atoms with Crippen molar-refractivity contribution in [1.29, 1.82) is 0 Å². The van der Waals surface area contributed by atoms with Crippen LogP contribution in [0.2, 0.25) is 0 Å². The van der Waals surface area contributed by atoms with E-state index in [-0.39, 0.29) is 17.2 Å². The molecular formula is C27H25F3N6O. The lowest BCUT2D eigenvalue weighted by molar-refractivity contribution is -0.274. The molecule has 0 radical (unpaired) electrons. The Morgan fingerprint density at radius 2 is 1.92 bits per heavy atom. The minimum absolute atomic E-state index is 0.0422. The number of hydrogen-bond acceptors (Lipinski definition) is 6. The smallest absolute Gasteiger partial charge is 0.406 e. The number of benzene rings is 2. The van der Waals surface area contributed by atoms with Crippen LogP contribution >= 0.6 is 0 Å². The number of nitrogens with two attached hydrogens (primary N) is 1. The Labute approximate surface area is 211 Å². The van der Waals surface area contributed by atoms with Gasteiger partial charge in [0.1, 0.15) is 22.8 Å². The molecule has 0 unspecified atom stereocenters. The number of aromatic amines is 1. The largest absolute Gasteiger partial charge is 0.573 e. The Morgan fingerprint density at radius 3 is 2.68 bits per heavy atom. The Bertz CT molecular complexity index is 1490. The van der Waals surface area contributed by atoms with Crippen LogP contribution < -0.4 is 15.4 Å². The molecule has 190 valence electrons. The summed E-state index contributed by atoms with van der Waals surface area (Å²) in [5.74, 6) is 0.417. The number of aromatic nitrogens is 4. The van der Waals surface area contributed by atoms with Gasteiger partial charge in [0.15, 0.2) is 5.65 Å². The molecule has 0 saturated carbocycles. The van der Waals surface area contributed by atoms with Crippen LogP contribution in [-0.4, -0.2) is 39.6 Å². The van der Waals surface area contributed by atoms with Gasteiger partial charge in [-0.15, -0.1) is 13.2 Å². The molecule has 1 aliphatic heterocycles. The van der Waals surface area contributed by atoms with Crippen molar-refractivity contribution in [2.24, 2.45) is 11.1 Å². The van der Waals surface area contributed by atoms with Gasteiger partial charge in [0.2, 0.25) is 0 Å². The van der Waals surface area contributed by atoms with Crippen molar-refractivity contribution in [3.63, 3.8) is 0 Å². The lowest BCUT2D eigenvalue weighted by Gasteiger charge is -2.42. The van der Waals surface area contributed by atoms with Gasteiger partial charge in [0.05, 0.1) is 6.20 Å². The van der Waals surface area contributed by atoms with Crippen LogP contribution in [0.4, 0.5) is 19.0 Å². The highest BCUT2D eigenvalue weighted by Gasteiger charge is 2.46. The average Bonchev–Trinajstić information content (AvgIpc) is 3.42. The van der Waals surface area contributed by atoms with Crippen LogP contribution in [0, 0.1) is 5.41 Å². The summed E-state index contributed by atoms with van der Waals surface area (Å²) in [4.78, 5) is 11.5. The number of nitrogens with one attached hydrogen (secondary N) is 1. The van der Waals surface area contributed by atoms with Crippen molar-refractivity contribution in [2.75, 3.05) is 18.0 Å². The predicted octanol–water partition coefficient (Wildman–Crippen LogP) is 5.16. The van der Waals surface area contributed by atoms with Gasteiger partial charge in [0, 0.05) is 24.7 Å². The average molecular weight is 507 g/mol. The molecule has 0 bridgehead atoms. The van der Waals surface area contributed by atoms with E-state index in [1.54, 1.807) is 12.3 Å². The van der Waals surface area contributed by atoms with Gasteiger partial charge in [-0.1, -0.05) is 43.0 Å². The monoisotopic (exact) mass is 506 g/mol. The summed E-state index contributed by atoms with van der Waals surface area (Å²) in [6.45, 7) is 5.66. The van der Waals surface area contributed by atoms with Crippen LogP contribution in [-0.2, 0) is 6.42 Å². The number of H-pyrrole nitrogens is 1. The fourth-order valence-electron chi connectivity index (χ4n) is 5.66. The number of ether oxygens (including phenoxy) is 1. The van der Waals surface area contributed by atoms with E-state index >= 15 is 0 Å². The van der Waals surface area contributed by atoms with Crippen LogP contribution in [0.3, 0.4) is 0 Å². The minimum Gasteiger partial charge on any atom is -0.406 e. The maximum atomic E-state index is 12.6. The van der Waals surface area contributed by atoms with Gasteiger partial charge in [0.25, 0.3) is 0 Å². The first-order chi connectivity index (χ1) is 17.7. The summed E-state index contributed by atoms with van der Waals surface area (Å²) in [5.41, 5.74) is 11.6. The van der Waals surface area contributed by atoms with Crippen LogP contribution in [0.1, 0.15) is 41.3 Å². The van der Waals surface area contributed by atoms with E-state index in [9.17, 15) is 13.2 Å². The number of anilines is 1. The summed E-state index contributed by atoms with van der Waals surface area (Å²) in [5, 5.41) is 7.20. The number of rotatable bonds is 4. The fraction of sp³-hybridized carbons (Fsp3) is 0.296. The van der Waals surface area contributed by atoms with Crippen molar-refractivity contribution < 1.29 is 17.9 Å². The van der Waals surface area contributed by atoms with Crippen molar-refractivity contribution in [2.45, 2.75) is 31.7 Å². The van der Waals surface area contributed by atoms with Gasteiger partial charge < -0.3 is 15.4 Å². The fourth-order valence-corrected chi connectivity index (χ4v) is 5.66. The normalized spacial score (nSPS) is 18.8. The van der Waals surface area contributed by atoms with E-state index < -0.39 is 6.36 Å². The van der Waals surface area contributed by atoms with E-state index in [1.165, 1.54) is 29.3 Å². The Kier molecular flexibility index (Phi) is 5.45. The lowest BCUT2D eigenvalue weighted by atomic mass is 9.73. The molecular weight excluding hydrogens is 481 g/mol. The standard InChI is InChI=1S/C27H25F3N6O/c1-16(17-6-4-7-19(13-17)37-27(28,29)30)22-23-25(35-34-22)33-21(15-32-23)36-11-9-26(10-12-36)14-18-5-2-3-8-20(18)24(26)31/h2-8,13,15,24H,1,9-12,14,31H2,(H,33,34,35)/t24-/m1/s1. The third-order valence-corrected chi connectivity index (χ3v) is 7.64. The summed E-state index contributed by atoms with van der Waals surface area (Å²) in [6, 6.07) is 14.1. The quantitative estimate of drug-likeness (QED) is 0.398. The molecule has 1 fully saturated rings. The molecule has 1 saturated heterocycles. The van der Waals surface area contributed by atoms with Gasteiger partial charge in [-0.2, -0.15) is 5.10 Å². The molecule has 1 atom stereocenters. The van der Waals surface area contributed by atoms with Crippen LogP contribution in [0.5, 0.6) is 5.75 Å². The molecule has 2 aromatic heterocycles. The van der Waals surface area contributed by atoms with Crippen LogP contribution in [0.15, 0.2) is 61.3 Å². The first kappa shape index (κ1) is 23.5. The molecule has 4 aromatic rings. The second kappa shape index (κ2) is 8.58. The second-order valence-electron chi connectivity index (χ2n) is 9.75. The van der Waals surface area contributed by atoms with Crippen molar-refractivity contribution >= 4 is 22.6 Å². The third-order valence-electron chi connectivity index (χ3n) is 7.64. The van der Waals surface area contributed by atoms with Crippen molar-refractivity contribution in [1.82, 2.24) is 20.2 Å². The minimum atomic E-state index is -4.78. The van der Waals surface area contributed by atoms with Crippen molar-refractivity contribution in [3.8, 4) is 5.75 Å². The molecule has 3 N–H and O–H groups in total. The van der Waals surface area contributed by atoms with Gasteiger partial charge >= 0.3 is 6.36 Å². The Morgan fingerprint density at radius 1 is 1.14 bits per heavy atom. The molecule has 3 heterocycles. The van der Waals surface area contributed by atoms with E-state index in [1.807, 2.05) is 0 Å². The number of hydrogen-bond donors (Lipinski definition) is 2.